The maximum atomic E-state index is 11.6. The Bertz CT molecular complexity index is 919. The molecule has 6 nitrogen and oxygen atoms in total. The molecule has 0 spiro atoms. The van der Waals surface area contributed by atoms with Crippen LogP contribution in [0.5, 0.6) is 0 Å². The number of Topliss-reactive ketones (excluding diaryl/α,β-unsaturated/α-hetero) is 1. The second-order valence-corrected chi connectivity index (χ2v) is 7.82. The van der Waals surface area contributed by atoms with E-state index in [4.69, 9.17) is 0 Å². The first-order chi connectivity index (χ1) is 13.5. The summed E-state index contributed by atoms with van der Waals surface area (Å²) in [6.07, 6.45) is 3.00. The lowest BCUT2D eigenvalue weighted by Gasteiger charge is -2.41. The van der Waals surface area contributed by atoms with Gasteiger partial charge < -0.3 is 9.80 Å². The van der Waals surface area contributed by atoms with Crippen LogP contribution in [0.15, 0.2) is 42.5 Å². The first-order valence-corrected chi connectivity index (χ1v) is 9.86. The molecule has 0 unspecified atom stereocenters. The summed E-state index contributed by atoms with van der Waals surface area (Å²) in [5, 5.41) is 11.6. The molecular formula is C22H25N3O3. The van der Waals surface area contributed by atoms with E-state index in [1.807, 2.05) is 0 Å². The maximum Gasteiger partial charge on any atom is 0.293 e. The first-order valence-electron chi connectivity index (χ1n) is 9.86. The lowest BCUT2D eigenvalue weighted by Crippen LogP contribution is -2.47. The number of nitro groups is 1. The van der Waals surface area contributed by atoms with E-state index in [1.54, 1.807) is 12.1 Å². The van der Waals surface area contributed by atoms with Crippen LogP contribution in [0, 0.1) is 10.1 Å². The number of hydrogen-bond donors (Lipinski definition) is 0. The molecule has 0 aromatic heterocycles. The highest BCUT2D eigenvalue weighted by Gasteiger charge is 2.34. The number of fused-ring (bicyclic) bond motifs is 1. The third kappa shape index (κ3) is 3.23. The highest BCUT2D eigenvalue weighted by atomic mass is 16.6. The van der Waals surface area contributed by atoms with Crippen molar-refractivity contribution < 1.29 is 9.72 Å². The lowest BCUT2D eigenvalue weighted by atomic mass is 10.0. The number of nitrogens with zero attached hydrogens (tertiary/aromatic N) is 3. The van der Waals surface area contributed by atoms with Gasteiger partial charge in [0.2, 0.25) is 0 Å². The van der Waals surface area contributed by atoms with E-state index in [9.17, 15) is 14.9 Å². The number of para-hydroxylation sites is 1. The van der Waals surface area contributed by atoms with Crippen molar-refractivity contribution in [3.05, 3.63) is 63.7 Å². The van der Waals surface area contributed by atoms with Gasteiger partial charge in [0.05, 0.1) is 4.92 Å². The Labute approximate surface area is 164 Å². The van der Waals surface area contributed by atoms with Gasteiger partial charge in [-0.1, -0.05) is 18.2 Å². The maximum absolute atomic E-state index is 11.6. The molecule has 1 saturated heterocycles. The van der Waals surface area contributed by atoms with Gasteiger partial charge in [0.1, 0.15) is 5.69 Å². The van der Waals surface area contributed by atoms with Crippen LogP contribution in [0.3, 0.4) is 0 Å². The summed E-state index contributed by atoms with van der Waals surface area (Å²) in [4.78, 5) is 27.4. The van der Waals surface area contributed by atoms with Gasteiger partial charge in [-0.3, -0.25) is 14.9 Å². The molecule has 2 heterocycles. The average Bonchev–Trinajstić information content (AvgIpc) is 3.03. The standard InChI is InChI=1S/C22H25N3O3/c1-15-13-18-5-3-4-6-20(18)24(15)19-9-11-23(12-10-19)21-8-7-17(16(2)26)14-22(21)25(27)28/h3-8,14-15,19H,9-13H2,1-2H3/t15-/m1/s1. The quantitative estimate of drug-likeness (QED) is 0.452. The Kier molecular flexibility index (Phi) is 4.79. The molecule has 1 atom stereocenters. The van der Waals surface area contributed by atoms with Gasteiger partial charge in [0.15, 0.2) is 5.78 Å². The molecule has 2 aliphatic rings. The Balaban J connectivity index is 1.52. The molecule has 6 heteroatoms. The van der Waals surface area contributed by atoms with Crippen LogP contribution >= 0.6 is 0 Å². The fourth-order valence-electron chi connectivity index (χ4n) is 4.69. The van der Waals surface area contributed by atoms with Gasteiger partial charge >= 0.3 is 0 Å². The van der Waals surface area contributed by atoms with E-state index in [0.717, 1.165) is 32.4 Å². The summed E-state index contributed by atoms with van der Waals surface area (Å²) in [6.45, 7) is 5.25. The van der Waals surface area contributed by atoms with E-state index < -0.39 is 0 Å². The van der Waals surface area contributed by atoms with Gasteiger partial charge in [-0.15, -0.1) is 0 Å². The summed E-state index contributed by atoms with van der Waals surface area (Å²) in [6, 6.07) is 14.4. The summed E-state index contributed by atoms with van der Waals surface area (Å²) in [5.74, 6) is -0.157. The number of carbonyl (C=O) groups excluding carboxylic acids is 1. The van der Waals surface area contributed by atoms with Crippen molar-refractivity contribution in [1.82, 2.24) is 0 Å². The van der Waals surface area contributed by atoms with Gasteiger partial charge in [-0.25, -0.2) is 0 Å². The Morgan fingerprint density at radius 1 is 1.11 bits per heavy atom. The second kappa shape index (κ2) is 7.26. The third-order valence-corrected chi connectivity index (χ3v) is 6.04. The second-order valence-electron chi connectivity index (χ2n) is 7.82. The van der Waals surface area contributed by atoms with Gasteiger partial charge in [0.25, 0.3) is 5.69 Å². The van der Waals surface area contributed by atoms with Crippen LogP contribution in [0.2, 0.25) is 0 Å². The van der Waals surface area contributed by atoms with Crippen molar-refractivity contribution >= 4 is 22.8 Å². The minimum atomic E-state index is -0.382. The number of hydrogen-bond acceptors (Lipinski definition) is 5. The summed E-state index contributed by atoms with van der Waals surface area (Å²) >= 11 is 0. The zero-order chi connectivity index (χ0) is 19.8. The predicted molar refractivity (Wildman–Crippen MR) is 110 cm³/mol. The van der Waals surface area contributed by atoms with Crippen molar-refractivity contribution in [2.24, 2.45) is 0 Å². The van der Waals surface area contributed by atoms with E-state index in [2.05, 4.69) is 41.0 Å². The number of carbonyl (C=O) groups is 1. The highest BCUT2D eigenvalue weighted by Crippen LogP contribution is 2.38. The largest absolute Gasteiger partial charge is 0.366 e. The van der Waals surface area contributed by atoms with Gasteiger partial charge in [-0.05, 0) is 56.9 Å². The fraction of sp³-hybridized carbons (Fsp3) is 0.409. The van der Waals surface area contributed by atoms with Crippen molar-refractivity contribution in [2.45, 2.75) is 45.2 Å². The molecule has 146 valence electrons. The normalized spacial score (nSPS) is 19.6. The van der Waals surface area contributed by atoms with Crippen LogP contribution in [-0.4, -0.2) is 35.9 Å². The molecule has 2 aromatic carbocycles. The van der Waals surface area contributed by atoms with Crippen molar-refractivity contribution in [1.29, 1.82) is 0 Å². The van der Waals surface area contributed by atoms with Crippen LogP contribution in [-0.2, 0) is 6.42 Å². The van der Waals surface area contributed by atoms with Crippen molar-refractivity contribution in [3.63, 3.8) is 0 Å². The molecule has 0 amide bonds. The summed E-state index contributed by atoms with van der Waals surface area (Å²) in [7, 11) is 0. The summed E-state index contributed by atoms with van der Waals surface area (Å²) in [5.41, 5.74) is 3.76. The zero-order valence-electron chi connectivity index (χ0n) is 16.3. The Hall–Kier alpha value is -2.89. The predicted octanol–water partition coefficient (Wildman–Crippen LogP) is 4.22. The monoisotopic (exact) mass is 379 g/mol. The molecule has 4 rings (SSSR count). The number of ketones is 1. The molecule has 0 radical (unpaired) electrons. The first kappa shape index (κ1) is 18.5. The van der Waals surface area contributed by atoms with E-state index in [-0.39, 0.29) is 16.4 Å². The molecule has 0 aliphatic carbocycles. The molecule has 1 fully saturated rings. The van der Waals surface area contributed by atoms with Crippen LogP contribution in [0.4, 0.5) is 17.1 Å². The van der Waals surface area contributed by atoms with Crippen molar-refractivity contribution in [2.75, 3.05) is 22.9 Å². The minimum absolute atomic E-state index is 0.0195. The molecule has 0 bridgehead atoms. The number of piperidine rings is 1. The number of rotatable bonds is 4. The van der Waals surface area contributed by atoms with Gasteiger partial charge in [-0.2, -0.15) is 0 Å². The van der Waals surface area contributed by atoms with E-state index in [0.29, 0.717) is 23.3 Å². The molecule has 2 aromatic rings. The topological polar surface area (TPSA) is 66.7 Å². The molecule has 2 aliphatic heterocycles. The lowest BCUT2D eigenvalue weighted by molar-refractivity contribution is -0.384. The van der Waals surface area contributed by atoms with Crippen LogP contribution in [0.25, 0.3) is 0 Å². The third-order valence-electron chi connectivity index (χ3n) is 6.04. The van der Waals surface area contributed by atoms with Crippen LogP contribution < -0.4 is 9.80 Å². The van der Waals surface area contributed by atoms with E-state index in [1.165, 1.54) is 24.2 Å². The molecule has 0 saturated carbocycles. The molecular weight excluding hydrogens is 354 g/mol. The Morgan fingerprint density at radius 3 is 2.50 bits per heavy atom. The fourth-order valence-corrected chi connectivity index (χ4v) is 4.69. The smallest absolute Gasteiger partial charge is 0.293 e. The number of nitro benzene ring substituents is 1. The number of benzene rings is 2. The van der Waals surface area contributed by atoms with Crippen molar-refractivity contribution in [3.8, 4) is 0 Å². The highest BCUT2D eigenvalue weighted by molar-refractivity contribution is 5.95. The summed E-state index contributed by atoms with van der Waals surface area (Å²) < 4.78 is 0. The minimum Gasteiger partial charge on any atom is -0.366 e. The van der Waals surface area contributed by atoms with Gasteiger partial charge in [0, 0.05) is 42.5 Å². The molecule has 0 N–H and O–H groups in total. The average molecular weight is 379 g/mol. The zero-order valence-corrected chi connectivity index (χ0v) is 16.3. The number of anilines is 2. The molecule has 28 heavy (non-hydrogen) atoms. The SMILES string of the molecule is CC(=O)c1ccc(N2CCC(N3c4ccccc4C[C@H]3C)CC2)c([N+](=O)[O-])c1. The Morgan fingerprint density at radius 2 is 1.82 bits per heavy atom. The van der Waals surface area contributed by atoms with E-state index >= 15 is 0 Å². The van der Waals surface area contributed by atoms with Crippen LogP contribution in [0.1, 0.15) is 42.6 Å².